The average Bonchev–Trinajstić information content (AvgIpc) is 2.27. The molecule has 1 aliphatic rings. The average molecular weight is 270 g/mol. The van der Waals surface area contributed by atoms with Crippen molar-refractivity contribution >= 4 is 17.6 Å². The van der Waals surface area contributed by atoms with Gasteiger partial charge in [-0.25, -0.2) is 8.78 Å². The first kappa shape index (κ1) is 13.4. The van der Waals surface area contributed by atoms with E-state index in [4.69, 9.17) is 5.11 Å². The number of carbonyl (C=O) groups excluding carboxylic acids is 1. The molecule has 1 fully saturated rings. The van der Waals surface area contributed by atoms with Crippen molar-refractivity contribution in [3.8, 4) is 0 Å². The number of anilines is 1. The summed E-state index contributed by atoms with van der Waals surface area (Å²) in [6.45, 7) is 0.530. The summed E-state index contributed by atoms with van der Waals surface area (Å²) in [5.74, 6) is -3.23. The molecule has 0 unspecified atom stereocenters. The molecule has 5 nitrogen and oxygen atoms in total. The molecule has 0 saturated carbocycles. The highest BCUT2D eigenvalue weighted by molar-refractivity contribution is 5.92. The maximum atomic E-state index is 13.3. The molecule has 1 amide bonds. The van der Waals surface area contributed by atoms with E-state index in [1.807, 2.05) is 0 Å². The van der Waals surface area contributed by atoms with Crippen LogP contribution in [-0.2, 0) is 9.59 Å². The van der Waals surface area contributed by atoms with Crippen LogP contribution in [0.5, 0.6) is 0 Å². The lowest BCUT2D eigenvalue weighted by Crippen LogP contribution is -2.52. The molecule has 2 rings (SSSR count). The van der Waals surface area contributed by atoms with Crippen LogP contribution in [-0.4, -0.2) is 41.5 Å². The minimum atomic E-state index is -0.896. The van der Waals surface area contributed by atoms with E-state index in [0.29, 0.717) is 0 Å². The Kier molecular flexibility index (Phi) is 3.75. The zero-order valence-corrected chi connectivity index (χ0v) is 9.90. The summed E-state index contributed by atoms with van der Waals surface area (Å²) in [5, 5.41) is 10.9. The highest BCUT2D eigenvalue weighted by atomic mass is 19.1. The number of likely N-dealkylation sites (tertiary alicyclic amines) is 1. The quantitative estimate of drug-likeness (QED) is 0.853. The third-order valence-corrected chi connectivity index (χ3v) is 2.88. The summed E-state index contributed by atoms with van der Waals surface area (Å²) in [6, 6.07) is 2.77. The Hall–Kier alpha value is -2.02. The van der Waals surface area contributed by atoms with Gasteiger partial charge in [-0.1, -0.05) is 0 Å². The van der Waals surface area contributed by atoms with Crippen molar-refractivity contribution in [2.75, 3.05) is 25.0 Å². The van der Waals surface area contributed by atoms with Crippen molar-refractivity contribution in [2.24, 2.45) is 5.92 Å². The van der Waals surface area contributed by atoms with Gasteiger partial charge in [-0.3, -0.25) is 14.5 Å². The van der Waals surface area contributed by atoms with Crippen LogP contribution in [0.15, 0.2) is 18.2 Å². The second kappa shape index (κ2) is 5.31. The van der Waals surface area contributed by atoms with Crippen LogP contribution < -0.4 is 5.32 Å². The number of hydrogen-bond acceptors (Lipinski definition) is 3. The molecule has 0 atom stereocenters. The van der Waals surface area contributed by atoms with Crippen molar-refractivity contribution in [3.05, 3.63) is 29.8 Å². The Labute approximate surface area is 107 Å². The Bertz CT molecular complexity index is 516. The van der Waals surface area contributed by atoms with Crippen molar-refractivity contribution in [1.29, 1.82) is 0 Å². The Morgan fingerprint density at radius 3 is 2.68 bits per heavy atom. The maximum Gasteiger partial charge on any atom is 0.309 e. The molecule has 2 N–H and O–H groups in total. The molecule has 1 aromatic rings. The Morgan fingerprint density at radius 1 is 1.37 bits per heavy atom. The molecule has 102 valence electrons. The van der Waals surface area contributed by atoms with Gasteiger partial charge in [-0.2, -0.15) is 0 Å². The minimum Gasteiger partial charge on any atom is -0.481 e. The summed E-state index contributed by atoms with van der Waals surface area (Å²) in [7, 11) is 0. The fourth-order valence-electron chi connectivity index (χ4n) is 1.84. The number of halogens is 2. The van der Waals surface area contributed by atoms with E-state index in [1.165, 1.54) is 0 Å². The highest BCUT2D eigenvalue weighted by Gasteiger charge is 2.33. The number of hydrogen-bond donors (Lipinski definition) is 2. The highest BCUT2D eigenvalue weighted by Crippen LogP contribution is 2.17. The summed E-state index contributed by atoms with van der Waals surface area (Å²) < 4.78 is 26.1. The fourth-order valence-corrected chi connectivity index (χ4v) is 1.84. The van der Waals surface area contributed by atoms with Crippen LogP contribution in [0.25, 0.3) is 0 Å². The SMILES string of the molecule is O=C(CN1CC(C(=O)O)C1)Nc1cc(F)ccc1F. The van der Waals surface area contributed by atoms with Gasteiger partial charge >= 0.3 is 5.97 Å². The van der Waals surface area contributed by atoms with Gasteiger partial charge in [0.1, 0.15) is 11.6 Å². The first-order valence-corrected chi connectivity index (χ1v) is 5.66. The number of aliphatic carboxylic acids is 1. The van der Waals surface area contributed by atoms with Gasteiger partial charge in [-0.15, -0.1) is 0 Å². The van der Waals surface area contributed by atoms with E-state index in [0.717, 1.165) is 18.2 Å². The molecule has 1 aromatic carbocycles. The standard InChI is InChI=1S/C12H12F2N2O3/c13-8-1-2-9(14)10(3-8)15-11(17)6-16-4-7(5-16)12(18)19/h1-3,7H,4-6H2,(H,15,17)(H,18,19). The van der Waals surface area contributed by atoms with E-state index >= 15 is 0 Å². The van der Waals surface area contributed by atoms with E-state index < -0.39 is 29.4 Å². The monoisotopic (exact) mass is 270 g/mol. The molecule has 1 saturated heterocycles. The molecule has 1 heterocycles. The molecular weight excluding hydrogens is 258 g/mol. The Balaban J connectivity index is 1.85. The molecule has 0 radical (unpaired) electrons. The third-order valence-electron chi connectivity index (χ3n) is 2.88. The van der Waals surface area contributed by atoms with Gasteiger partial charge in [0, 0.05) is 19.2 Å². The number of carboxylic acids is 1. The molecule has 0 aromatic heterocycles. The van der Waals surface area contributed by atoms with Gasteiger partial charge in [0.05, 0.1) is 18.2 Å². The lowest BCUT2D eigenvalue weighted by atomic mass is 10.0. The van der Waals surface area contributed by atoms with E-state index in [9.17, 15) is 18.4 Å². The van der Waals surface area contributed by atoms with Crippen molar-refractivity contribution in [1.82, 2.24) is 4.90 Å². The van der Waals surface area contributed by atoms with Crippen LogP contribution in [0.3, 0.4) is 0 Å². The largest absolute Gasteiger partial charge is 0.481 e. The summed E-state index contributed by atoms with van der Waals surface area (Å²) >= 11 is 0. The number of carbonyl (C=O) groups is 2. The minimum absolute atomic E-state index is 0.0419. The van der Waals surface area contributed by atoms with Gasteiger partial charge in [-0.05, 0) is 12.1 Å². The summed E-state index contributed by atoms with van der Waals surface area (Å²) in [6.07, 6.45) is 0. The second-order valence-electron chi connectivity index (χ2n) is 4.40. The van der Waals surface area contributed by atoms with Crippen molar-refractivity contribution in [3.63, 3.8) is 0 Å². The number of carboxylic acid groups (broad SMARTS) is 1. The Morgan fingerprint density at radius 2 is 2.05 bits per heavy atom. The number of rotatable bonds is 4. The fraction of sp³-hybridized carbons (Fsp3) is 0.333. The normalized spacial score (nSPS) is 15.9. The lowest BCUT2D eigenvalue weighted by molar-refractivity contribution is -0.148. The molecule has 0 spiro atoms. The number of amides is 1. The number of nitrogens with one attached hydrogen (secondary N) is 1. The van der Waals surface area contributed by atoms with Gasteiger partial charge < -0.3 is 10.4 Å². The van der Waals surface area contributed by atoms with E-state index in [1.54, 1.807) is 4.90 Å². The zero-order chi connectivity index (χ0) is 14.0. The van der Waals surface area contributed by atoms with E-state index in [2.05, 4.69) is 5.32 Å². The smallest absolute Gasteiger partial charge is 0.309 e. The molecular formula is C12H12F2N2O3. The number of benzene rings is 1. The third kappa shape index (κ3) is 3.25. The number of nitrogens with zero attached hydrogens (tertiary/aromatic N) is 1. The molecule has 19 heavy (non-hydrogen) atoms. The van der Waals surface area contributed by atoms with Crippen LogP contribution >= 0.6 is 0 Å². The van der Waals surface area contributed by atoms with Gasteiger partial charge in [0.25, 0.3) is 0 Å². The zero-order valence-electron chi connectivity index (χ0n) is 9.90. The first-order chi connectivity index (χ1) is 8.95. The second-order valence-corrected chi connectivity index (χ2v) is 4.40. The molecule has 0 bridgehead atoms. The predicted molar refractivity (Wildman–Crippen MR) is 62.6 cm³/mol. The van der Waals surface area contributed by atoms with Crippen LogP contribution in [0.2, 0.25) is 0 Å². The van der Waals surface area contributed by atoms with Crippen LogP contribution in [0, 0.1) is 17.6 Å². The molecule has 0 aliphatic carbocycles. The van der Waals surface area contributed by atoms with Crippen molar-refractivity contribution < 1.29 is 23.5 Å². The van der Waals surface area contributed by atoms with Crippen molar-refractivity contribution in [2.45, 2.75) is 0 Å². The summed E-state index contributed by atoms with van der Waals surface area (Å²) in [4.78, 5) is 23.8. The maximum absolute atomic E-state index is 13.3. The van der Waals surface area contributed by atoms with Gasteiger partial charge in [0.2, 0.25) is 5.91 Å². The van der Waals surface area contributed by atoms with Gasteiger partial charge in [0.15, 0.2) is 0 Å². The summed E-state index contributed by atoms with van der Waals surface area (Å²) in [5.41, 5.74) is -0.222. The topological polar surface area (TPSA) is 69.6 Å². The lowest BCUT2D eigenvalue weighted by Gasteiger charge is -2.35. The molecule has 7 heteroatoms. The van der Waals surface area contributed by atoms with Crippen LogP contribution in [0.4, 0.5) is 14.5 Å². The predicted octanol–water partition coefficient (Wildman–Crippen LogP) is 0.920. The van der Waals surface area contributed by atoms with Crippen LogP contribution in [0.1, 0.15) is 0 Å². The van der Waals surface area contributed by atoms with E-state index in [-0.39, 0.29) is 25.3 Å². The first-order valence-electron chi connectivity index (χ1n) is 5.66. The molecule has 1 aliphatic heterocycles.